The number of urea groups is 1. The SMILES string of the molecule is Cc1ccc(NC(=O)N2CCCC2)cc1O. The molecule has 16 heavy (non-hydrogen) atoms. The second-order valence-corrected chi connectivity index (χ2v) is 4.13. The smallest absolute Gasteiger partial charge is 0.321 e. The largest absolute Gasteiger partial charge is 0.508 e. The van der Waals surface area contributed by atoms with Gasteiger partial charge in [0, 0.05) is 24.8 Å². The van der Waals surface area contributed by atoms with Gasteiger partial charge in [0.15, 0.2) is 0 Å². The van der Waals surface area contributed by atoms with Crippen LogP contribution in [0.4, 0.5) is 10.5 Å². The van der Waals surface area contributed by atoms with E-state index in [1.54, 1.807) is 23.1 Å². The molecule has 0 radical (unpaired) electrons. The van der Waals surface area contributed by atoms with Gasteiger partial charge in [0.1, 0.15) is 5.75 Å². The molecule has 86 valence electrons. The summed E-state index contributed by atoms with van der Waals surface area (Å²) in [6, 6.07) is 5.07. The molecule has 1 fully saturated rings. The third-order valence-electron chi connectivity index (χ3n) is 2.85. The van der Waals surface area contributed by atoms with Crippen LogP contribution in [0.5, 0.6) is 5.75 Å². The number of rotatable bonds is 1. The molecule has 0 aromatic heterocycles. The lowest BCUT2D eigenvalue weighted by Gasteiger charge is -2.16. The molecule has 0 atom stereocenters. The Morgan fingerprint density at radius 3 is 2.69 bits per heavy atom. The minimum absolute atomic E-state index is 0.0826. The Morgan fingerprint density at radius 1 is 1.38 bits per heavy atom. The van der Waals surface area contributed by atoms with Crippen LogP contribution >= 0.6 is 0 Å². The van der Waals surface area contributed by atoms with E-state index in [1.807, 2.05) is 6.92 Å². The van der Waals surface area contributed by atoms with Gasteiger partial charge in [-0.1, -0.05) is 6.07 Å². The summed E-state index contributed by atoms with van der Waals surface area (Å²) in [4.78, 5) is 13.5. The van der Waals surface area contributed by atoms with E-state index in [4.69, 9.17) is 0 Å². The van der Waals surface area contributed by atoms with Crippen molar-refractivity contribution in [2.24, 2.45) is 0 Å². The zero-order valence-electron chi connectivity index (χ0n) is 9.36. The van der Waals surface area contributed by atoms with Crippen LogP contribution in [0, 0.1) is 6.92 Å². The zero-order chi connectivity index (χ0) is 11.5. The number of aromatic hydroxyl groups is 1. The van der Waals surface area contributed by atoms with Crippen LogP contribution in [0.2, 0.25) is 0 Å². The Balaban J connectivity index is 2.02. The molecule has 2 amide bonds. The van der Waals surface area contributed by atoms with Crippen molar-refractivity contribution in [2.45, 2.75) is 19.8 Å². The average Bonchev–Trinajstić information content (AvgIpc) is 2.77. The van der Waals surface area contributed by atoms with E-state index < -0.39 is 0 Å². The normalized spacial score (nSPS) is 15.2. The number of nitrogens with zero attached hydrogens (tertiary/aromatic N) is 1. The van der Waals surface area contributed by atoms with E-state index in [0.29, 0.717) is 5.69 Å². The van der Waals surface area contributed by atoms with Crippen LogP contribution in [0.3, 0.4) is 0 Å². The first kappa shape index (κ1) is 10.8. The average molecular weight is 220 g/mol. The van der Waals surface area contributed by atoms with Gasteiger partial charge in [-0.25, -0.2) is 4.79 Å². The van der Waals surface area contributed by atoms with Crippen LogP contribution in [0.1, 0.15) is 18.4 Å². The number of phenolic OH excluding ortho intramolecular Hbond substituents is 1. The summed E-state index contributed by atoms with van der Waals surface area (Å²) in [5.74, 6) is 0.208. The molecule has 1 saturated heterocycles. The fourth-order valence-corrected chi connectivity index (χ4v) is 1.81. The molecular weight excluding hydrogens is 204 g/mol. The number of aryl methyl sites for hydroxylation is 1. The first-order valence-corrected chi connectivity index (χ1v) is 5.52. The van der Waals surface area contributed by atoms with E-state index in [9.17, 15) is 9.90 Å². The van der Waals surface area contributed by atoms with Gasteiger partial charge in [-0.2, -0.15) is 0 Å². The highest BCUT2D eigenvalue weighted by atomic mass is 16.3. The van der Waals surface area contributed by atoms with Gasteiger partial charge in [0.05, 0.1) is 0 Å². The number of carbonyl (C=O) groups excluding carboxylic acids is 1. The van der Waals surface area contributed by atoms with Gasteiger partial charge in [0.2, 0.25) is 0 Å². The third-order valence-corrected chi connectivity index (χ3v) is 2.85. The number of nitrogens with one attached hydrogen (secondary N) is 1. The van der Waals surface area contributed by atoms with E-state index >= 15 is 0 Å². The van der Waals surface area contributed by atoms with Crippen molar-refractivity contribution < 1.29 is 9.90 Å². The highest BCUT2D eigenvalue weighted by Crippen LogP contribution is 2.21. The highest BCUT2D eigenvalue weighted by molar-refractivity contribution is 5.89. The number of hydrogen-bond acceptors (Lipinski definition) is 2. The van der Waals surface area contributed by atoms with Crippen molar-refractivity contribution in [3.05, 3.63) is 23.8 Å². The molecule has 0 unspecified atom stereocenters. The summed E-state index contributed by atoms with van der Waals surface area (Å²) in [5.41, 5.74) is 1.44. The molecule has 1 aromatic carbocycles. The maximum Gasteiger partial charge on any atom is 0.321 e. The van der Waals surface area contributed by atoms with E-state index in [1.165, 1.54) is 0 Å². The molecule has 1 aromatic rings. The Kier molecular flexibility index (Phi) is 2.99. The molecule has 1 aliphatic heterocycles. The van der Waals surface area contributed by atoms with Gasteiger partial charge < -0.3 is 15.3 Å². The van der Waals surface area contributed by atoms with Crippen LogP contribution < -0.4 is 5.32 Å². The lowest BCUT2D eigenvalue weighted by atomic mass is 10.2. The highest BCUT2D eigenvalue weighted by Gasteiger charge is 2.17. The van der Waals surface area contributed by atoms with Gasteiger partial charge >= 0.3 is 6.03 Å². The Hall–Kier alpha value is -1.71. The van der Waals surface area contributed by atoms with Crippen LogP contribution in [-0.2, 0) is 0 Å². The molecular formula is C12H16N2O2. The van der Waals surface area contributed by atoms with Gasteiger partial charge in [-0.15, -0.1) is 0 Å². The van der Waals surface area contributed by atoms with Crippen molar-refractivity contribution in [1.29, 1.82) is 0 Å². The fourth-order valence-electron chi connectivity index (χ4n) is 1.81. The Bertz CT molecular complexity index is 398. The summed E-state index contributed by atoms with van der Waals surface area (Å²) in [6.07, 6.45) is 2.15. The van der Waals surface area contributed by atoms with Gasteiger partial charge in [0.25, 0.3) is 0 Å². The summed E-state index contributed by atoms with van der Waals surface area (Å²) in [6.45, 7) is 3.47. The predicted molar refractivity (Wildman–Crippen MR) is 62.7 cm³/mol. The monoisotopic (exact) mass is 220 g/mol. The van der Waals surface area contributed by atoms with Crippen LogP contribution in [0.25, 0.3) is 0 Å². The molecule has 2 rings (SSSR count). The number of benzene rings is 1. The number of hydrogen-bond donors (Lipinski definition) is 2. The van der Waals surface area contributed by atoms with Crippen LogP contribution in [-0.4, -0.2) is 29.1 Å². The Morgan fingerprint density at radius 2 is 2.06 bits per heavy atom. The number of phenols is 1. The van der Waals surface area contributed by atoms with E-state index in [0.717, 1.165) is 31.5 Å². The predicted octanol–water partition coefficient (Wildman–Crippen LogP) is 2.33. The first-order chi connectivity index (χ1) is 7.66. The second kappa shape index (κ2) is 4.43. The Labute approximate surface area is 94.9 Å². The minimum Gasteiger partial charge on any atom is -0.508 e. The van der Waals surface area contributed by atoms with Crippen molar-refractivity contribution in [2.75, 3.05) is 18.4 Å². The minimum atomic E-state index is -0.0826. The van der Waals surface area contributed by atoms with Crippen molar-refractivity contribution in [1.82, 2.24) is 4.90 Å². The number of amides is 2. The lowest BCUT2D eigenvalue weighted by molar-refractivity contribution is 0.222. The molecule has 0 aliphatic carbocycles. The fraction of sp³-hybridized carbons (Fsp3) is 0.417. The zero-order valence-corrected chi connectivity index (χ0v) is 9.36. The molecule has 1 aliphatic rings. The third kappa shape index (κ3) is 2.27. The maximum atomic E-state index is 11.7. The second-order valence-electron chi connectivity index (χ2n) is 4.13. The standard InChI is InChI=1S/C12H16N2O2/c1-9-4-5-10(8-11(9)15)13-12(16)14-6-2-3-7-14/h4-5,8,15H,2-3,6-7H2,1H3,(H,13,16). The lowest BCUT2D eigenvalue weighted by Crippen LogP contribution is -2.32. The summed E-state index contributed by atoms with van der Waals surface area (Å²) in [7, 11) is 0. The van der Waals surface area contributed by atoms with Crippen molar-refractivity contribution in [3.8, 4) is 5.75 Å². The molecule has 4 heteroatoms. The molecule has 0 saturated carbocycles. The maximum absolute atomic E-state index is 11.7. The first-order valence-electron chi connectivity index (χ1n) is 5.52. The molecule has 0 bridgehead atoms. The van der Waals surface area contributed by atoms with E-state index in [2.05, 4.69) is 5.32 Å². The van der Waals surface area contributed by atoms with Crippen molar-refractivity contribution in [3.63, 3.8) is 0 Å². The van der Waals surface area contributed by atoms with Gasteiger partial charge in [-0.3, -0.25) is 0 Å². The summed E-state index contributed by atoms with van der Waals surface area (Å²) in [5, 5.41) is 12.3. The quantitative estimate of drug-likeness (QED) is 0.763. The van der Waals surface area contributed by atoms with Crippen LogP contribution in [0.15, 0.2) is 18.2 Å². The molecule has 1 heterocycles. The van der Waals surface area contributed by atoms with Gasteiger partial charge in [-0.05, 0) is 31.4 Å². The molecule has 2 N–H and O–H groups in total. The topological polar surface area (TPSA) is 52.6 Å². The summed E-state index contributed by atoms with van der Waals surface area (Å²) >= 11 is 0. The van der Waals surface area contributed by atoms with E-state index in [-0.39, 0.29) is 11.8 Å². The number of anilines is 1. The molecule has 0 spiro atoms. The number of carbonyl (C=O) groups is 1. The number of likely N-dealkylation sites (tertiary alicyclic amines) is 1. The molecule has 4 nitrogen and oxygen atoms in total. The van der Waals surface area contributed by atoms with Crippen molar-refractivity contribution >= 4 is 11.7 Å². The summed E-state index contributed by atoms with van der Waals surface area (Å²) < 4.78 is 0.